The molecule has 7 heteroatoms. The van der Waals surface area contributed by atoms with Crippen LogP contribution in [0.3, 0.4) is 0 Å². The van der Waals surface area contributed by atoms with Crippen LogP contribution in [-0.4, -0.2) is 41.4 Å². The Labute approximate surface area is 129 Å². The highest BCUT2D eigenvalue weighted by Crippen LogP contribution is 2.47. The van der Waals surface area contributed by atoms with E-state index in [0.717, 1.165) is 12.0 Å². The second kappa shape index (κ2) is 5.72. The summed E-state index contributed by atoms with van der Waals surface area (Å²) in [6.45, 7) is 1.34. The predicted octanol–water partition coefficient (Wildman–Crippen LogP) is -0.0781. The monoisotopic (exact) mass is 306 g/mol. The predicted molar refractivity (Wildman–Crippen MR) is 78.7 cm³/mol. The average Bonchev–Trinajstić information content (AvgIpc) is 3.20. The zero-order valence-electron chi connectivity index (χ0n) is 12.7. The number of nitrogens with two attached hydrogens (primary N) is 1. The average molecular weight is 306 g/mol. The summed E-state index contributed by atoms with van der Waals surface area (Å²) < 4.78 is 7.03. The highest BCUT2D eigenvalue weighted by molar-refractivity contribution is 5.85. The van der Waals surface area contributed by atoms with E-state index in [9.17, 15) is 9.59 Å². The Balaban J connectivity index is 1.55. The minimum Gasteiger partial charge on any atom is -0.381 e. The van der Waals surface area contributed by atoms with Crippen LogP contribution >= 0.6 is 0 Å². The number of hydrogen-bond acceptors (Lipinski definition) is 4. The lowest BCUT2D eigenvalue weighted by molar-refractivity contribution is -0.134. The summed E-state index contributed by atoms with van der Waals surface area (Å²) >= 11 is 0. The molecule has 2 aliphatic rings. The third-order valence-corrected chi connectivity index (χ3v) is 4.85. The third-order valence-electron chi connectivity index (χ3n) is 4.85. The minimum absolute atomic E-state index is 0.000898. The third kappa shape index (κ3) is 2.85. The zero-order valence-corrected chi connectivity index (χ0v) is 12.7. The smallest absolute Gasteiger partial charge is 0.225 e. The molecule has 1 aromatic rings. The molecule has 0 radical (unpaired) electrons. The molecule has 2 atom stereocenters. The second-order valence-electron chi connectivity index (χ2n) is 6.37. The van der Waals surface area contributed by atoms with E-state index in [2.05, 4.69) is 10.4 Å². The van der Waals surface area contributed by atoms with Crippen LogP contribution in [0.25, 0.3) is 0 Å². The number of primary amides is 1. The Morgan fingerprint density at radius 3 is 2.82 bits per heavy atom. The fraction of sp³-hybridized carbons (Fsp3) is 0.667. The van der Waals surface area contributed by atoms with Gasteiger partial charge in [0.1, 0.15) is 0 Å². The van der Waals surface area contributed by atoms with Gasteiger partial charge in [-0.15, -0.1) is 0 Å². The molecule has 2 heterocycles. The van der Waals surface area contributed by atoms with E-state index < -0.39 is 5.41 Å². The molecule has 22 heavy (non-hydrogen) atoms. The maximum absolute atomic E-state index is 12.3. The Morgan fingerprint density at radius 2 is 2.23 bits per heavy atom. The molecule has 0 spiro atoms. The number of rotatable bonds is 5. The van der Waals surface area contributed by atoms with Crippen molar-refractivity contribution in [3.8, 4) is 0 Å². The van der Waals surface area contributed by atoms with E-state index in [1.807, 2.05) is 13.2 Å². The lowest BCUT2D eigenvalue weighted by Gasteiger charge is -2.34. The van der Waals surface area contributed by atoms with E-state index in [1.54, 1.807) is 10.9 Å². The number of aryl methyl sites for hydroxylation is 1. The molecule has 120 valence electrons. The molecule has 2 fully saturated rings. The van der Waals surface area contributed by atoms with Crippen molar-refractivity contribution >= 4 is 11.8 Å². The lowest BCUT2D eigenvalue weighted by Crippen LogP contribution is -2.49. The quantitative estimate of drug-likeness (QED) is 0.795. The van der Waals surface area contributed by atoms with Crippen molar-refractivity contribution in [2.45, 2.75) is 25.2 Å². The van der Waals surface area contributed by atoms with E-state index in [4.69, 9.17) is 10.5 Å². The molecule has 0 aromatic carbocycles. The SMILES string of the molecule is Cn1cc([C@@H]2C[C@@H]2C(=O)NCC2(C(N)=O)CCOCC2)cn1. The molecule has 3 rings (SSSR count). The number of amides is 2. The summed E-state index contributed by atoms with van der Waals surface area (Å²) in [5.41, 5.74) is 5.98. The van der Waals surface area contributed by atoms with Gasteiger partial charge in [-0.05, 0) is 30.7 Å². The van der Waals surface area contributed by atoms with Gasteiger partial charge in [-0.1, -0.05) is 0 Å². The Bertz CT molecular complexity index is 577. The van der Waals surface area contributed by atoms with Crippen molar-refractivity contribution in [3.63, 3.8) is 0 Å². The standard InChI is InChI=1S/C15H22N4O3/c1-19-8-10(7-18-19)11-6-12(11)13(20)17-9-15(14(16)21)2-4-22-5-3-15/h7-8,11-12H,2-6,9H2,1H3,(H2,16,21)(H,17,20)/t11-,12-/m0/s1. The van der Waals surface area contributed by atoms with E-state index >= 15 is 0 Å². The Hall–Kier alpha value is -1.89. The first-order valence-corrected chi connectivity index (χ1v) is 7.66. The first-order chi connectivity index (χ1) is 10.5. The Kier molecular flexibility index (Phi) is 3.90. The van der Waals surface area contributed by atoms with Crippen molar-refractivity contribution in [1.82, 2.24) is 15.1 Å². The first-order valence-electron chi connectivity index (χ1n) is 7.66. The van der Waals surface area contributed by atoms with Gasteiger partial charge in [0.25, 0.3) is 0 Å². The largest absolute Gasteiger partial charge is 0.381 e. The fourth-order valence-corrected chi connectivity index (χ4v) is 3.14. The number of aromatic nitrogens is 2. The van der Waals surface area contributed by atoms with Crippen molar-refractivity contribution in [2.75, 3.05) is 19.8 Å². The van der Waals surface area contributed by atoms with Crippen LogP contribution in [0.1, 0.15) is 30.7 Å². The van der Waals surface area contributed by atoms with Gasteiger partial charge in [0.15, 0.2) is 0 Å². The molecule has 7 nitrogen and oxygen atoms in total. The van der Waals surface area contributed by atoms with Gasteiger partial charge in [-0.25, -0.2) is 0 Å². The van der Waals surface area contributed by atoms with Gasteiger partial charge >= 0.3 is 0 Å². The van der Waals surface area contributed by atoms with Crippen molar-refractivity contribution in [3.05, 3.63) is 18.0 Å². The van der Waals surface area contributed by atoms with Crippen LogP contribution in [0.5, 0.6) is 0 Å². The molecule has 0 bridgehead atoms. The van der Waals surface area contributed by atoms with Crippen molar-refractivity contribution in [2.24, 2.45) is 24.1 Å². The van der Waals surface area contributed by atoms with Gasteiger partial charge in [-0.3, -0.25) is 14.3 Å². The maximum atomic E-state index is 12.3. The number of nitrogens with one attached hydrogen (secondary N) is 1. The van der Waals surface area contributed by atoms with Crippen LogP contribution in [-0.2, 0) is 21.4 Å². The topological polar surface area (TPSA) is 99.2 Å². The molecule has 1 aliphatic heterocycles. The number of hydrogen-bond donors (Lipinski definition) is 2. The van der Waals surface area contributed by atoms with Crippen LogP contribution < -0.4 is 11.1 Å². The normalized spacial score (nSPS) is 26.4. The van der Waals surface area contributed by atoms with Gasteiger partial charge in [0, 0.05) is 38.9 Å². The highest BCUT2D eigenvalue weighted by atomic mass is 16.5. The molecular weight excluding hydrogens is 284 g/mol. The van der Waals surface area contributed by atoms with E-state index in [-0.39, 0.29) is 23.7 Å². The molecule has 1 aliphatic carbocycles. The molecule has 1 saturated carbocycles. The molecule has 2 amide bonds. The van der Waals surface area contributed by atoms with E-state index in [1.165, 1.54) is 0 Å². The summed E-state index contributed by atoms with van der Waals surface area (Å²) in [6.07, 6.45) is 5.73. The molecule has 1 saturated heterocycles. The molecule has 3 N–H and O–H groups in total. The highest BCUT2D eigenvalue weighted by Gasteiger charge is 2.46. The first kappa shape index (κ1) is 15.0. The lowest BCUT2D eigenvalue weighted by atomic mass is 9.79. The summed E-state index contributed by atoms with van der Waals surface area (Å²) in [5.74, 6) is -0.126. The van der Waals surface area contributed by atoms with Gasteiger partial charge in [0.05, 0.1) is 11.6 Å². The number of ether oxygens (including phenoxy) is 1. The van der Waals surface area contributed by atoms with Gasteiger partial charge < -0.3 is 15.8 Å². The Morgan fingerprint density at radius 1 is 1.50 bits per heavy atom. The number of carbonyl (C=O) groups is 2. The summed E-state index contributed by atoms with van der Waals surface area (Å²) in [7, 11) is 1.86. The summed E-state index contributed by atoms with van der Waals surface area (Å²) in [6, 6.07) is 0. The summed E-state index contributed by atoms with van der Waals surface area (Å²) in [4.78, 5) is 24.0. The van der Waals surface area contributed by atoms with Crippen LogP contribution in [0.4, 0.5) is 0 Å². The van der Waals surface area contributed by atoms with Crippen molar-refractivity contribution in [1.29, 1.82) is 0 Å². The second-order valence-corrected chi connectivity index (χ2v) is 6.37. The maximum Gasteiger partial charge on any atom is 0.225 e. The van der Waals surface area contributed by atoms with Crippen LogP contribution in [0, 0.1) is 11.3 Å². The zero-order chi connectivity index (χ0) is 15.7. The molecule has 0 unspecified atom stereocenters. The van der Waals surface area contributed by atoms with Crippen molar-refractivity contribution < 1.29 is 14.3 Å². The fourth-order valence-electron chi connectivity index (χ4n) is 3.14. The number of carbonyl (C=O) groups excluding carboxylic acids is 2. The van der Waals surface area contributed by atoms with E-state index in [0.29, 0.717) is 32.6 Å². The van der Waals surface area contributed by atoms with Crippen LogP contribution in [0.15, 0.2) is 12.4 Å². The molecule has 1 aromatic heterocycles. The minimum atomic E-state index is -0.660. The van der Waals surface area contributed by atoms with Crippen LogP contribution in [0.2, 0.25) is 0 Å². The van der Waals surface area contributed by atoms with Gasteiger partial charge in [-0.2, -0.15) is 5.10 Å². The molecular formula is C15H22N4O3. The number of nitrogens with zero attached hydrogens (tertiary/aromatic N) is 2. The van der Waals surface area contributed by atoms with Gasteiger partial charge in [0.2, 0.25) is 11.8 Å². The summed E-state index contributed by atoms with van der Waals surface area (Å²) in [5, 5.41) is 7.06.